The number of carboxylic acid groups (broad SMARTS) is 1. The highest BCUT2D eigenvalue weighted by atomic mass is 35.5. The smallest absolute Gasteiger partial charge is 0.347 e. The molecule has 1 amide bonds. The molecule has 0 spiro atoms. The molecule has 0 saturated heterocycles. The zero-order valence-corrected chi connectivity index (χ0v) is 13.1. The summed E-state index contributed by atoms with van der Waals surface area (Å²) >= 11 is 12.7. The zero-order chi connectivity index (χ0) is 15.6. The average molecular weight is 345 g/mol. The molecular weight excluding hydrogens is 335 g/mol. The van der Waals surface area contributed by atoms with Crippen LogP contribution in [0, 0.1) is 6.92 Å². The van der Waals surface area contributed by atoms with Crippen LogP contribution in [0.15, 0.2) is 18.2 Å². The van der Waals surface area contributed by atoms with Crippen LogP contribution in [0.1, 0.15) is 30.7 Å². The molecule has 0 saturated carbocycles. The lowest BCUT2D eigenvalue weighted by Gasteiger charge is -2.04. The number of rotatable bonds is 4. The lowest BCUT2D eigenvalue weighted by molar-refractivity contribution is 0.0701. The van der Waals surface area contributed by atoms with Crippen molar-refractivity contribution in [3.05, 3.63) is 49.4 Å². The van der Waals surface area contributed by atoms with E-state index in [0.29, 0.717) is 26.3 Å². The molecule has 2 rings (SSSR count). The number of amides is 1. The van der Waals surface area contributed by atoms with Crippen LogP contribution >= 0.6 is 34.5 Å². The predicted octanol–water partition coefficient (Wildman–Crippen LogP) is 3.39. The van der Waals surface area contributed by atoms with Crippen LogP contribution in [0.4, 0.5) is 0 Å². The molecule has 1 aromatic carbocycles. The molecule has 0 aliphatic carbocycles. The van der Waals surface area contributed by atoms with Gasteiger partial charge in [0, 0.05) is 5.56 Å². The fraction of sp³-hybridized carbons (Fsp3) is 0.154. The van der Waals surface area contributed by atoms with Gasteiger partial charge in [0.1, 0.15) is 9.88 Å². The number of nitrogens with zero attached hydrogens (tertiary/aromatic N) is 1. The number of nitrogens with one attached hydrogen (secondary N) is 1. The Kier molecular flexibility index (Phi) is 4.82. The van der Waals surface area contributed by atoms with Gasteiger partial charge in [-0.2, -0.15) is 0 Å². The van der Waals surface area contributed by atoms with E-state index in [1.54, 1.807) is 13.0 Å². The maximum atomic E-state index is 12.0. The fourth-order valence-corrected chi connectivity index (χ4v) is 2.76. The van der Waals surface area contributed by atoms with Gasteiger partial charge < -0.3 is 10.4 Å². The normalized spacial score (nSPS) is 10.4. The molecular formula is C13H10Cl2N2O3S. The molecule has 1 heterocycles. The molecule has 0 unspecified atom stereocenters. The molecule has 2 N–H and O–H groups in total. The summed E-state index contributed by atoms with van der Waals surface area (Å²) in [6, 6.07) is 4.56. The summed E-state index contributed by atoms with van der Waals surface area (Å²) < 4.78 is 0. The van der Waals surface area contributed by atoms with Crippen LogP contribution in [0.2, 0.25) is 10.0 Å². The Morgan fingerprint density at radius 1 is 1.33 bits per heavy atom. The van der Waals surface area contributed by atoms with Gasteiger partial charge in [0.2, 0.25) is 0 Å². The first-order chi connectivity index (χ1) is 9.88. The van der Waals surface area contributed by atoms with E-state index in [1.165, 1.54) is 12.1 Å². The number of carbonyl (C=O) groups is 2. The molecule has 8 heteroatoms. The quantitative estimate of drug-likeness (QED) is 0.890. The van der Waals surface area contributed by atoms with Crippen molar-refractivity contribution >= 4 is 46.4 Å². The highest BCUT2D eigenvalue weighted by Crippen LogP contribution is 2.23. The molecule has 21 heavy (non-hydrogen) atoms. The highest BCUT2D eigenvalue weighted by molar-refractivity contribution is 7.13. The number of hydrogen-bond acceptors (Lipinski definition) is 4. The SMILES string of the molecule is Cc1nc(CNC(=O)c2ccc(Cl)c(Cl)c2)sc1C(=O)O. The van der Waals surface area contributed by atoms with Gasteiger partial charge in [0.15, 0.2) is 0 Å². The summed E-state index contributed by atoms with van der Waals surface area (Å²) in [6.07, 6.45) is 0. The van der Waals surface area contributed by atoms with E-state index in [-0.39, 0.29) is 17.3 Å². The van der Waals surface area contributed by atoms with E-state index in [0.717, 1.165) is 11.3 Å². The third kappa shape index (κ3) is 3.72. The Hall–Kier alpha value is -1.63. The number of hydrogen-bond donors (Lipinski definition) is 2. The number of carbonyl (C=O) groups excluding carboxylic acids is 1. The van der Waals surface area contributed by atoms with Gasteiger partial charge in [-0.1, -0.05) is 23.2 Å². The van der Waals surface area contributed by atoms with Crippen molar-refractivity contribution in [2.75, 3.05) is 0 Å². The van der Waals surface area contributed by atoms with Gasteiger partial charge in [-0.05, 0) is 25.1 Å². The van der Waals surface area contributed by atoms with Crippen LogP contribution in [0.3, 0.4) is 0 Å². The van der Waals surface area contributed by atoms with Gasteiger partial charge in [0.25, 0.3) is 5.91 Å². The minimum atomic E-state index is -1.02. The van der Waals surface area contributed by atoms with E-state index in [1.807, 2.05) is 0 Å². The lowest BCUT2D eigenvalue weighted by atomic mass is 10.2. The van der Waals surface area contributed by atoms with Crippen LogP contribution in [-0.4, -0.2) is 22.0 Å². The van der Waals surface area contributed by atoms with Gasteiger partial charge in [-0.15, -0.1) is 11.3 Å². The van der Waals surface area contributed by atoms with E-state index in [9.17, 15) is 9.59 Å². The largest absolute Gasteiger partial charge is 0.477 e. The van der Waals surface area contributed by atoms with Crippen molar-refractivity contribution in [1.29, 1.82) is 0 Å². The topological polar surface area (TPSA) is 79.3 Å². The Balaban J connectivity index is 2.05. The minimum absolute atomic E-state index is 0.151. The van der Waals surface area contributed by atoms with Gasteiger partial charge in [0.05, 0.1) is 22.3 Å². The van der Waals surface area contributed by atoms with Crippen LogP contribution in [0.25, 0.3) is 0 Å². The Labute approximate surface area is 134 Å². The molecule has 2 aromatic rings. The molecule has 0 fully saturated rings. The van der Waals surface area contributed by atoms with E-state index in [4.69, 9.17) is 28.3 Å². The Morgan fingerprint density at radius 2 is 2.05 bits per heavy atom. The maximum absolute atomic E-state index is 12.0. The standard InChI is InChI=1S/C13H10Cl2N2O3S/c1-6-11(13(19)20)21-10(17-6)5-16-12(18)7-2-3-8(14)9(15)4-7/h2-4H,5H2,1H3,(H,16,18)(H,19,20). The number of benzene rings is 1. The second kappa shape index (κ2) is 6.43. The molecule has 110 valence electrons. The molecule has 0 atom stereocenters. The predicted molar refractivity (Wildman–Crippen MR) is 81.4 cm³/mol. The van der Waals surface area contributed by atoms with Gasteiger partial charge in [-0.25, -0.2) is 9.78 Å². The minimum Gasteiger partial charge on any atom is -0.477 e. The number of thiazole rings is 1. The van der Waals surface area contributed by atoms with Crippen molar-refractivity contribution in [2.24, 2.45) is 0 Å². The van der Waals surface area contributed by atoms with Crippen molar-refractivity contribution in [1.82, 2.24) is 10.3 Å². The van der Waals surface area contributed by atoms with Gasteiger partial charge >= 0.3 is 5.97 Å². The van der Waals surface area contributed by atoms with Crippen molar-refractivity contribution in [2.45, 2.75) is 13.5 Å². The summed E-state index contributed by atoms with van der Waals surface area (Å²) in [5, 5.41) is 12.8. The zero-order valence-electron chi connectivity index (χ0n) is 10.8. The molecule has 0 aliphatic heterocycles. The van der Waals surface area contributed by atoms with E-state index >= 15 is 0 Å². The summed E-state index contributed by atoms with van der Waals surface area (Å²) in [5.74, 6) is -1.36. The first-order valence-corrected chi connectivity index (χ1v) is 7.38. The van der Waals surface area contributed by atoms with Crippen molar-refractivity contribution in [3.63, 3.8) is 0 Å². The second-order valence-electron chi connectivity index (χ2n) is 4.14. The number of aryl methyl sites for hydroxylation is 1. The maximum Gasteiger partial charge on any atom is 0.347 e. The Morgan fingerprint density at radius 3 is 2.62 bits per heavy atom. The lowest BCUT2D eigenvalue weighted by Crippen LogP contribution is -2.22. The van der Waals surface area contributed by atoms with Crippen molar-refractivity contribution < 1.29 is 14.7 Å². The number of carboxylic acids is 1. The van der Waals surface area contributed by atoms with Gasteiger partial charge in [-0.3, -0.25) is 4.79 Å². The summed E-state index contributed by atoms with van der Waals surface area (Å²) in [6.45, 7) is 1.77. The number of aromatic carboxylic acids is 1. The molecule has 5 nitrogen and oxygen atoms in total. The van der Waals surface area contributed by atoms with Crippen LogP contribution in [0.5, 0.6) is 0 Å². The third-order valence-electron chi connectivity index (χ3n) is 2.62. The average Bonchev–Trinajstić information content (AvgIpc) is 2.80. The van der Waals surface area contributed by atoms with Crippen molar-refractivity contribution in [3.8, 4) is 0 Å². The monoisotopic (exact) mass is 344 g/mol. The molecule has 0 bridgehead atoms. The molecule has 0 aliphatic rings. The summed E-state index contributed by atoms with van der Waals surface area (Å²) in [5.41, 5.74) is 0.808. The fourth-order valence-electron chi connectivity index (χ4n) is 1.62. The number of aromatic nitrogens is 1. The molecule has 0 radical (unpaired) electrons. The van der Waals surface area contributed by atoms with E-state index in [2.05, 4.69) is 10.3 Å². The van der Waals surface area contributed by atoms with Crippen LogP contribution in [-0.2, 0) is 6.54 Å². The first-order valence-electron chi connectivity index (χ1n) is 5.81. The van der Waals surface area contributed by atoms with E-state index < -0.39 is 5.97 Å². The molecule has 1 aromatic heterocycles. The second-order valence-corrected chi connectivity index (χ2v) is 6.04. The summed E-state index contributed by atoms with van der Waals surface area (Å²) in [7, 11) is 0. The number of halogens is 2. The highest BCUT2D eigenvalue weighted by Gasteiger charge is 2.15. The summed E-state index contributed by atoms with van der Waals surface area (Å²) in [4.78, 5) is 27.2. The Bertz CT molecular complexity index is 715. The first kappa shape index (κ1) is 15.8. The third-order valence-corrected chi connectivity index (χ3v) is 4.50. The van der Waals surface area contributed by atoms with Crippen LogP contribution < -0.4 is 5.32 Å².